The number of aromatic nitrogens is 2. The number of fused-ring (bicyclic) bond motifs is 1. The molecule has 7 heteroatoms. The van der Waals surface area contributed by atoms with Crippen molar-refractivity contribution in [3.63, 3.8) is 0 Å². The highest BCUT2D eigenvalue weighted by Gasteiger charge is 2.26. The van der Waals surface area contributed by atoms with Gasteiger partial charge in [-0.3, -0.25) is 0 Å². The quantitative estimate of drug-likeness (QED) is 0.743. The number of anilines is 1. The lowest BCUT2D eigenvalue weighted by Gasteiger charge is -2.37. The Bertz CT molecular complexity index is 752. The second-order valence-corrected chi connectivity index (χ2v) is 7.72. The lowest BCUT2D eigenvalue weighted by Crippen LogP contribution is -2.50. The molecule has 1 amide bonds. The van der Waals surface area contributed by atoms with Crippen molar-refractivity contribution in [3.05, 3.63) is 29.0 Å². The van der Waals surface area contributed by atoms with E-state index in [2.05, 4.69) is 30.8 Å². The molecule has 0 unspecified atom stereocenters. The minimum Gasteiger partial charge on any atom is -0.444 e. The normalized spacial score (nSPS) is 15.7. The van der Waals surface area contributed by atoms with E-state index in [9.17, 15) is 4.79 Å². The summed E-state index contributed by atoms with van der Waals surface area (Å²) in [5, 5.41) is 1.01. The van der Waals surface area contributed by atoms with Crippen LogP contribution in [0.15, 0.2) is 29.0 Å². The fourth-order valence-corrected chi connectivity index (χ4v) is 3.06. The van der Waals surface area contributed by atoms with Crippen molar-refractivity contribution in [2.75, 3.05) is 31.1 Å². The van der Waals surface area contributed by atoms with E-state index in [-0.39, 0.29) is 6.09 Å². The molecule has 0 N–H and O–H groups in total. The van der Waals surface area contributed by atoms with Crippen molar-refractivity contribution in [2.45, 2.75) is 26.4 Å². The Morgan fingerprint density at radius 1 is 1.21 bits per heavy atom. The van der Waals surface area contributed by atoms with Crippen LogP contribution in [0.4, 0.5) is 10.5 Å². The molecule has 0 spiro atoms. The number of amides is 1. The number of carbonyl (C=O) groups excluding carboxylic acids is 1. The summed E-state index contributed by atoms with van der Waals surface area (Å²) in [5.74, 6) is 0. The molecular formula is C17H21BrN4O2. The fraction of sp³-hybridized carbons (Fsp3) is 0.471. The summed E-state index contributed by atoms with van der Waals surface area (Å²) in [6, 6.07) is 4.03. The van der Waals surface area contributed by atoms with Crippen LogP contribution in [-0.4, -0.2) is 52.7 Å². The van der Waals surface area contributed by atoms with Crippen molar-refractivity contribution in [2.24, 2.45) is 0 Å². The van der Waals surface area contributed by atoms with Crippen LogP contribution in [0.2, 0.25) is 0 Å². The molecular weight excluding hydrogens is 372 g/mol. The van der Waals surface area contributed by atoms with Gasteiger partial charge >= 0.3 is 6.09 Å². The van der Waals surface area contributed by atoms with Crippen LogP contribution in [0.3, 0.4) is 0 Å². The van der Waals surface area contributed by atoms with Gasteiger partial charge < -0.3 is 14.5 Å². The maximum absolute atomic E-state index is 12.2. The van der Waals surface area contributed by atoms with E-state index in [1.165, 1.54) is 0 Å². The topological polar surface area (TPSA) is 58.6 Å². The number of hydrogen-bond acceptors (Lipinski definition) is 5. The summed E-state index contributed by atoms with van der Waals surface area (Å²) in [7, 11) is 0. The van der Waals surface area contributed by atoms with E-state index in [0.717, 1.165) is 34.3 Å². The molecule has 0 saturated carbocycles. The van der Waals surface area contributed by atoms with Gasteiger partial charge in [0.05, 0.1) is 0 Å². The molecule has 3 heterocycles. The molecule has 0 aliphatic carbocycles. The first-order chi connectivity index (χ1) is 11.3. The van der Waals surface area contributed by atoms with Gasteiger partial charge in [0.2, 0.25) is 0 Å². The van der Waals surface area contributed by atoms with Crippen LogP contribution >= 0.6 is 15.9 Å². The molecule has 1 aliphatic rings. The molecule has 2 aromatic rings. The summed E-state index contributed by atoms with van der Waals surface area (Å²) in [4.78, 5) is 24.9. The second-order valence-electron chi connectivity index (χ2n) is 6.81. The number of nitrogens with zero attached hydrogens (tertiary/aromatic N) is 4. The van der Waals surface area contributed by atoms with E-state index < -0.39 is 5.60 Å². The van der Waals surface area contributed by atoms with Gasteiger partial charge in [-0.15, -0.1) is 0 Å². The molecule has 1 aliphatic heterocycles. The third-order valence-electron chi connectivity index (χ3n) is 3.81. The van der Waals surface area contributed by atoms with Gasteiger partial charge in [0.25, 0.3) is 0 Å². The Kier molecular flexibility index (Phi) is 4.62. The molecule has 24 heavy (non-hydrogen) atoms. The molecule has 0 aromatic carbocycles. The van der Waals surface area contributed by atoms with E-state index in [1.54, 1.807) is 17.3 Å². The van der Waals surface area contributed by atoms with Crippen LogP contribution in [-0.2, 0) is 4.74 Å². The lowest BCUT2D eigenvalue weighted by atomic mass is 10.2. The number of pyridine rings is 2. The average molecular weight is 393 g/mol. The number of hydrogen-bond donors (Lipinski definition) is 0. The van der Waals surface area contributed by atoms with E-state index >= 15 is 0 Å². The Morgan fingerprint density at radius 3 is 2.58 bits per heavy atom. The molecule has 1 saturated heterocycles. The fourth-order valence-electron chi connectivity index (χ4n) is 2.72. The SMILES string of the molecule is CC(C)(C)OC(=O)N1CCN(c2ccnc3ncc(Br)cc23)CC1. The third kappa shape index (κ3) is 3.77. The number of carbonyl (C=O) groups is 1. The molecule has 0 bridgehead atoms. The minimum absolute atomic E-state index is 0.244. The summed E-state index contributed by atoms with van der Waals surface area (Å²) in [5.41, 5.74) is 1.36. The monoisotopic (exact) mass is 392 g/mol. The van der Waals surface area contributed by atoms with E-state index in [0.29, 0.717) is 13.1 Å². The Hall–Kier alpha value is -1.89. The summed E-state index contributed by atoms with van der Waals surface area (Å²) in [6.45, 7) is 8.44. The third-order valence-corrected chi connectivity index (χ3v) is 4.24. The van der Waals surface area contributed by atoms with E-state index in [4.69, 9.17) is 4.74 Å². The summed E-state index contributed by atoms with van der Waals surface area (Å²) < 4.78 is 6.37. The molecule has 2 aromatic heterocycles. The Morgan fingerprint density at radius 2 is 1.92 bits per heavy atom. The van der Waals surface area contributed by atoms with Gasteiger partial charge in [0.15, 0.2) is 5.65 Å². The first-order valence-electron chi connectivity index (χ1n) is 7.97. The highest BCUT2D eigenvalue weighted by Crippen LogP contribution is 2.27. The van der Waals surface area contributed by atoms with Crippen LogP contribution in [0.1, 0.15) is 20.8 Å². The van der Waals surface area contributed by atoms with Crippen molar-refractivity contribution < 1.29 is 9.53 Å². The van der Waals surface area contributed by atoms with Gasteiger partial charge in [0.1, 0.15) is 5.60 Å². The predicted molar refractivity (Wildman–Crippen MR) is 97.3 cm³/mol. The summed E-state index contributed by atoms with van der Waals surface area (Å²) >= 11 is 3.47. The maximum atomic E-state index is 12.2. The zero-order valence-corrected chi connectivity index (χ0v) is 15.7. The minimum atomic E-state index is -0.465. The first kappa shape index (κ1) is 17.0. The Labute approximate surface area is 149 Å². The zero-order valence-electron chi connectivity index (χ0n) is 14.1. The van der Waals surface area contributed by atoms with Crippen molar-refractivity contribution >= 4 is 38.7 Å². The smallest absolute Gasteiger partial charge is 0.410 e. The maximum Gasteiger partial charge on any atom is 0.410 e. The first-order valence-corrected chi connectivity index (χ1v) is 8.76. The number of piperazine rings is 1. The molecule has 6 nitrogen and oxygen atoms in total. The van der Waals surface area contributed by atoms with Crippen molar-refractivity contribution in [1.29, 1.82) is 0 Å². The van der Waals surface area contributed by atoms with Crippen molar-refractivity contribution in [1.82, 2.24) is 14.9 Å². The lowest BCUT2D eigenvalue weighted by molar-refractivity contribution is 0.0240. The van der Waals surface area contributed by atoms with Gasteiger partial charge in [-0.05, 0) is 48.8 Å². The molecule has 3 rings (SSSR count). The van der Waals surface area contributed by atoms with Crippen LogP contribution in [0.5, 0.6) is 0 Å². The van der Waals surface area contributed by atoms with Crippen molar-refractivity contribution in [3.8, 4) is 0 Å². The molecule has 128 valence electrons. The molecule has 1 fully saturated rings. The standard InChI is InChI=1S/C17H21BrN4O2/c1-17(2,3)24-16(23)22-8-6-21(7-9-22)14-4-5-19-15-13(14)10-12(18)11-20-15/h4-5,10-11H,6-9H2,1-3H3. The van der Waals surface area contributed by atoms with Crippen LogP contribution < -0.4 is 4.90 Å². The summed E-state index contributed by atoms with van der Waals surface area (Å²) in [6.07, 6.45) is 3.28. The predicted octanol–water partition coefficient (Wildman–Crippen LogP) is 3.45. The zero-order chi connectivity index (χ0) is 17.3. The molecule has 0 atom stereocenters. The van der Waals surface area contributed by atoms with Gasteiger partial charge in [-0.1, -0.05) is 0 Å². The van der Waals surface area contributed by atoms with Crippen LogP contribution in [0, 0.1) is 0 Å². The average Bonchev–Trinajstić information content (AvgIpc) is 2.53. The molecule has 0 radical (unpaired) electrons. The number of halogens is 1. The largest absolute Gasteiger partial charge is 0.444 e. The van der Waals surface area contributed by atoms with E-state index in [1.807, 2.05) is 32.9 Å². The van der Waals surface area contributed by atoms with Gasteiger partial charge in [-0.25, -0.2) is 14.8 Å². The number of rotatable bonds is 1. The highest BCUT2D eigenvalue weighted by atomic mass is 79.9. The van der Waals surface area contributed by atoms with Gasteiger partial charge in [0, 0.05) is 54.1 Å². The Balaban J connectivity index is 1.73. The highest BCUT2D eigenvalue weighted by molar-refractivity contribution is 9.10. The van der Waals surface area contributed by atoms with Crippen LogP contribution in [0.25, 0.3) is 11.0 Å². The van der Waals surface area contributed by atoms with Gasteiger partial charge in [-0.2, -0.15) is 0 Å². The number of ether oxygens (including phenoxy) is 1. The second kappa shape index (κ2) is 6.55.